The maximum Gasteiger partial charge on any atom is 0.159 e. The van der Waals surface area contributed by atoms with E-state index in [1.54, 1.807) is 0 Å². The lowest BCUT2D eigenvalue weighted by Gasteiger charge is -2.40. The molecule has 0 bridgehead atoms. The maximum atomic E-state index is 6.58. The SMILES string of the molecule is CCN1CCCC(Oc2cccc3[nH]nc(-c4nc5ccc(N6CC(CN(C)C)OCC6C)cc5[nH]4)c23)C1. The Hall–Kier alpha value is -3.14. The van der Waals surface area contributed by atoms with E-state index in [-0.39, 0.29) is 12.2 Å². The lowest BCUT2D eigenvalue weighted by atomic mass is 10.1. The van der Waals surface area contributed by atoms with E-state index in [9.17, 15) is 0 Å². The molecule has 2 aliphatic heterocycles. The number of anilines is 1. The molecule has 3 unspecified atom stereocenters. The number of fused-ring (bicyclic) bond motifs is 2. The summed E-state index contributed by atoms with van der Waals surface area (Å²) in [6.07, 6.45) is 2.61. The number of rotatable bonds is 7. The molecule has 2 aromatic carbocycles. The Morgan fingerprint density at radius 3 is 2.89 bits per heavy atom. The van der Waals surface area contributed by atoms with Gasteiger partial charge < -0.3 is 24.3 Å². The molecular weight excluding hydrogens is 478 g/mol. The molecule has 2 N–H and O–H groups in total. The Balaban J connectivity index is 1.30. The van der Waals surface area contributed by atoms with Crippen LogP contribution in [0.25, 0.3) is 33.5 Å². The average Bonchev–Trinajstić information content (AvgIpc) is 3.54. The zero-order valence-electron chi connectivity index (χ0n) is 22.9. The summed E-state index contributed by atoms with van der Waals surface area (Å²) in [4.78, 5) is 15.6. The molecule has 3 atom stereocenters. The first-order valence-electron chi connectivity index (χ1n) is 13.9. The molecule has 2 fully saturated rings. The van der Waals surface area contributed by atoms with E-state index in [0.29, 0.717) is 6.04 Å². The van der Waals surface area contributed by atoms with Crippen LogP contribution in [0.4, 0.5) is 5.69 Å². The van der Waals surface area contributed by atoms with E-state index >= 15 is 0 Å². The van der Waals surface area contributed by atoms with Gasteiger partial charge in [-0.25, -0.2) is 4.98 Å². The van der Waals surface area contributed by atoms with E-state index in [4.69, 9.17) is 14.5 Å². The van der Waals surface area contributed by atoms with Crippen molar-refractivity contribution in [3.8, 4) is 17.3 Å². The molecule has 0 spiro atoms. The summed E-state index contributed by atoms with van der Waals surface area (Å²) in [5.41, 5.74) is 4.86. The second-order valence-corrected chi connectivity index (χ2v) is 11.0. The van der Waals surface area contributed by atoms with Crippen molar-refractivity contribution in [2.24, 2.45) is 0 Å². The second kappa shape index (κ2) is 10.6. The van der Waals surface area contributed by atoms with Crippen LogP contribution in [0, 0.1) is 0 Å². The summed E-state index contributed by atoms with van der Waals surface area (Å²) in [6, 6.07) is 12.9. The summed E-state index contributed by atoms with van der Waals surface area (Å²) < 4.78 is 12.7. The molecule has 9 nitrogen and oxygen atoms in total. The van der Waals surface area contributed by atoms with Gasteiger partial charge in [-0.05, 0) is 77.3 Å². The minimum atomic E-state index is 0.183. The first-order valence-corrected chi connectivity index (χ1v) is 13.9. The average molecular weight is 518 g/mol. The van der Waals surface area contributed by atoms with E-state index in [1.165, 1.54) is 5.69 Å². The number of ether oxygens (including phenoxy) is 2. The van der Waals surface area contributed by atoms with Crippen LogP contribution in [0.2, 0.25) is 0 Å². The molecule has 0 amide bonds. The van der Waals surface area contributed by atoms with Crippen molar-refractivity contribution in [2.45, 2.75) is 44.9 Å². The Kier molecular flexibility index (Phi) is 6.99. The van der Waals surface area contributed by atoms with Crippen molar-refractivity contribution in [1.29, 1.82) is 0 Å². The van der Waals surface area contributed by atoms with Crippen molar-refractivity contribution in [1.82, 2.24) is 30.0 Å². The van der Waals surface area contributed by atoms with Crippen LogP contribution in [0.5, 0.6) is 5.75 Å². The predicted octanol–water partition coefficient (Wildman–Crippen LogP) is 4.12. The summed E-state index contributed by atoms with van der Waals surface area (Å²) in [5.74, 6) is 1.61. The van der Waals surface area contributed by atoms with Gasteiger partial charge in [0.15, 0.2) is 5.82 Å². The Morgan fingerprint density at radius 2 is 2.05 bits per heavy atom. The van der Waals surface area contributed by atoms with Crippen LogP contribution >= 0.6 is 0 Å². The Morgan fingerprint density at radius 1 is 1.16 bits per heavy atom. The van der Waals surface area contributed by atoms with E-state index < -0.39 is 0 Å². The molecule has 6 rings (SSSR count). The number of H-pyrrole nitrogens is 2. The fourth-order valence-corrected chi connectivity index (χ4v) is 5.87. The molecule has 202 valence electrons. The van der Waals surface area contributed by atoms with Crippen molar-refractivity contribution in [3.05, 3.63) is 36.4 Å². The van der Waals surface area contributed by atoms with Gasteiger partial charge in [-0.2, -0.15) is 5.10 Å². The quantitative estimate of drug-likeness (QED) is 0.381. The highest BCUT2D eigenvalue weighted by Crippen LogP contribution is 2.35. The number of aromatic amines is 2. The number of morpholine rings is 1. The number of likely N-dealkylation sites (N-methyl/N-ethyl adjacent to an activating group) is 2. The van der Waals surface area contributed by atoms with E-state index in [0.717, 1.165) is 91.4 Å². The maximum absolute atomic E-state index is 6.58. The molecule has 4 heterocycles. The van der Waals surface area contributed by atoms with Gasteiger partial charge in [-0.3, -0.25) is 10.00 Å². The highest BCUT2D eigenvalue weighted by molar-refractivity contribution is 5.97. The largest absolute Gasteiger partial charge is 0.488 e. The summed E-state index contributed by atoms with van der Waals surface area (Å²) in [6.45, 7) is 10.1. The number of aromatic nitrogens is 4. The smallest absolute Gasteiger partial charge is 0.159 e. The standard InChI is InChI=1S/C29H39N7O2/c1-5-35-13-7-8-21(16-35)38-26-10-6-9-24-27(26)28(33-32-24)29-30-23-12-11-20(14-25(23)31-29)36-17-22(15-34(3)4)37-18-19(36)2/h6,9-12,14,19,21-22H,5,7-8,13,15-18H2,1-4H3,(H,30,31)(H,32,33). The molecule has 9 heteroatoms. The molecule has 2 aromatic heterocycles. The first-order chi connectivity index (χ1) is 18.5. The van der Waals surface area contributed by atoms with Gasteiger partial charge in [0.05, 0.1) is 34.6 Å². The zero-order valence-corrected chi connectivity index (χ0v) is 22.9. The third-order valence-electron chi connectivity index (χ3n) is 7.85. The van der Waals surface area contributed by atoms with Gasteiger partial charge in [-0.1, -0.05) is 13.0 Å². The highest BCUT2D eigenvalue weighted by Gasteiger charge is 2.27. The van der Waals surface area contributed by atoms with Crippen LogP contribution in [0.1, 0.15) is 26.7 Å². The van der Waals surface area contributed by atoms with Crippen LogP contribution < -0.4 is 9.64 Å². The number of hydrogen-bond donors (Lipinski definition) is 2. The summed E-state index contributed by atoms with van der Waals surface area (Å²) >= 11 is 0. The van der Waals surface area contributed by atoms with Crippen LogP contribution in [-0.2, 0) is 4.74 Å². The topological polar surface area (TPSA) is 85.5 Å². The minimum Gasteiger partial charge on any atom is -0.488 e. The van der Waals surface area contributed by atoms with Gasteiger partial charge in [0.2, 0.25) is 0 Å². The normalized spacial score (nSPS) is 23.1. The number of hydrogen-bond acceptors (Lipinski definition) is 7. The Bertz CT molecular complexity index is 1400. The number of nitrogens with zero attached hydrogens (tertiary/aromatic N) is 5. The minimum absolute atomic E-state index is 0.183. The van der Waals surface area contributed by atoms with Crippen LogP contribution in [0.15, 0.2) is 36.4 Å². The fourth-order valence-electron chi connectivity index (χ4n) is 5.87. The van der Waals surface area contributed by atoms with E-state index in [1.807, 2.05) is 12.1 Å². The lowest BCUT2D eigenvalue weighted by Crippen LogP contribution is -2.51. The van der Waals surface area contributed by atoms with Gasteiger partial charge in [0.1, 0.15) is 17.5 Å². The second-order valence-electron chi connectivity index (χ2n) is 11.0. The Labute approximate surface area is 224 Å². The molecule has 0 radical (unpaired) electrons. The number of nitrogens with one attached hydrogen (secondary N) is 2. The predicted molar refractivity (Wildman–Crippen MR) is 152 cm³/mol. The van der Waals surface area contributed by atoms with Gasteiger partial charge in [-0.15, -0.1) is 0 Å². The van der Waals surface area contributed by atoms with Gasteiger partial charge in [0, 0.05) is 31.4 Å². The zero-order chi connectivity index (χ0) is 26.2. The van der Waals surface area contributed by atoms with Crippen LogP contribution in [-0.4, -0.2) is 102 Å². The molecule has 4 aromatic rings. The van der Waals surface area contributed by atoms with Crippen molar-refractivity contribution >= 4 is 27.6 Å². The first kappa shape index (κ1) is 25.2. The van der Waals surface area contributed by atoms with Crippen LogP contribution in [0.3, 0.4) is 0 Å². The number of piperidine rings is 1. The third kappa shape index (κ3) is 4.98. The molecule has 0 saturated carbocycles. The van der Waals surface area contributed by atoms with Crippen molar-refractivity contribution < 1.29 is 9.47 Å². The molecule has 0 aliphatic carbocycles. The number of likely N-dealkylation sites (tertiary alicyclic amines) is 1. The van der Waals surface area contributed by atoms with Crippen molar-refractivity contribution in [2.75, 3.05) is 58.3 Å². The van der Waals surface area contributed by atoms with Gasteiger partial charge >= 0.3 is 0 Å². The number of benzene rings is 2. The third-order valence-corrected chi connectivity index (χ3v) is 7.85. The van der Waals surface area contributed by atoms with Crippen molar-refractivity contribution in [3.63, 3.8) is 0 Å². The molecule has 2 aliphatic rings. The number of imidazole rings is 1. The fraction of sp³-hybridized carbons (Fsp3) is 0.517. The summed E-state index contributed by atoms with van der Waals surface area (Å²) in [7, 11) is 4.18. The molecule has 38 heavy (non-hydrogen) atoms. The lowest BCUT2D eigenvalue weighted by molar-refractivity contribution is 0.00880. The molecular formula is C29H39N7O2. The summed E-state index contributed by atoms with van der Waals surface area (Å²) in [5, 5.41) is 8.84. The highest BCUT2D eigenvalue weighted by atomic mass is 16.5. The van der Waals surface area contributed by atoms with Gasteiger partial charge in [0.25, 0.3) is 0 Å². The monoisotopic (exact) mass is 517 g/mol. The molecule has 2 saturated heterocycles. The van der Waals surface area contributed by atoms with E-state index in [2.05, 4.69) is 82.1 Å².